The van der Waals surface area contributed by atoms with E-state index in [1.807, 2.05) is 43.9 Å². The zero-order valence-corrected chi connectivity index (χ0v) is 21.7. The second-order valence-electron chi connectivity index (χ2n) is 9.91. The van der Waals surface area contributed by atoms with Crippen LogP contribution in [0.3, 0.4) is 0 Å². The summed E-state index contributed by atoms with van der Waals surface area (Å²) >= 11 is 0. The summed E-state index contributed by atoms with van der Waals surface area (Å²) in [5, 5.41) is 11.7. The maximum Gasteiger partial charge on any atom is 0.335 e. The van der Waals surface area contributed by atoms with Gasteiger partial charge in [-0.25, -0.2) is 9.78 Å². The molecule has 1 amide bonds. The molecule has 0 fully saturated rings. The number of nitrogens with one attached hydrogen (secondary N) is 1. The Labute approximate surface area is 213 Å². The second-order valence-corrected chi connectivity index (χ2v) is 9.91. The number of hydrogen-bond donors (Lipinski definition) is 2. The number of aromatic carboxylic acids is 1. The highest BCUT2D eigenvalue weighted by Gasteiger charge is 2.32. The minimum absolute atomic E-state index is 0.119. The van der Waals surface area contributed by atoms with E-state index in [-0.39, 0.29) is 16.9 Å². The van der Waals surface area contributed by atoms with Gasteiger partial charge < -0.3 is 15.0 Å². The van der Waals surface area contributed by atoms with Gasteiger partial charge in [0.2, 0.25) is 5.91 Å². The van der Waals surface area contributed by atoms with Crippen molar-refractivity contribution in [2.45, 2.75) is 53.5 Å². The number of imidazole rings is 1. The largest absolute Gasteiger partial charge is 0.478 e. The van der Waals surface area contributed by atoms with Crippen molar-refractivity contribution in [1.82, 2.24) is 9.55 Å². The number of allylic oxidation sites excluding steroid dienone is 9. The Morgan fingerprint density at radius 1 is 1.14 bits per heavy atom. The molecule has 1 aliphatic rings. The van der Waals surface area contributed by atoms with Crippen LogP contribution in [0.5, 0.6) is 0 Å². The SMILES string of the molecule is CC1=C(/C=C/C(C)=C/C=C/C(C)=C\C(=O)Nc2ccc(C(=O)O)cc2)C(C)(C)CCC1n1ccnc1. The quantitative estimate of drug-likeness (QED) is 0.314. The molecule has 2 aromatic rings. The summed E-state index contributed by atoms with van der Waals surface area (Å²) < 4.78 is 2.19. The summed E-state index contributed by atoms with van der Waals surface area (Å²) in [5.74, 6) is -1.27. The van der Waals surface area contributed by atoms with Crippen molar-refractivity contribution < 1.29 is 14.7 Å². The highest BCUT2D eigenvalue weighted by Crippen LogP contribution is 2.45. The Balaban J connectivity index is 1.63. The Kier molecular flexibility index (Phi) is 8.64. The number of carbonyl (C=O) groups excluding carboxylic acids is 1. The van der Waals surface area contributed by atoms with Gasteiger partial charge in [-0.3, -0.25) is 4.79 Å². The Hall–Kier alpha value is -3.93. The summed E-state index contributed by atoms with van der Waals surface area (Å²) in [4.78, 5) is 27.4. The molecule has 0 spiro atoms. The van der Waals surface area contributed by atoms with Crippen molar-refractivity contribution in [2.75, 3.05) is 5.32 Å². The molecule has 0 radical (unpaired) electrons. The van der Waals surface area contributed by atoms with Gasteiger partial charge in [0.15, 0.2) is 0 Å². The van der Waals surface area contributed by atoms with E-state index in [4.69, 9.17) is 5.11 Å². The predicted octanol–water partition coefficient (Wildman–Crippen LogP) is 6.90. The van der Waals surface area contributed by atoms with Crippen LogP contribution in [0.4, 0.5) is 5.69 Å². The lowest BCUT2D eigenvalue weighted by atomic mass is 9.71. The molecule has 188 valence electrons. The Morgan fingerprint density at radius 3 is 2.50 bits per heavy atom. The highest BCUT2D eigenvalue weighted by molar-refractivity contribution is 6.00. The summed E-state index contributed by atoms with van der Waals surface area (Å²) in [6.45, 7) is 10.8. The zero-order chi connectivity index (χ0) is 26.3. The van der Waals surface area contributed by atoms with Crippen LogP contribution < -0.4 is 5.32 Å². The first-order chi connectivity index (χ1) is 17.1. The van der Waals surface area contributed by atoms with E-state index in [1.54, 1.807) is 12.1 Å². The van der Waals surface area contributed by atoms with Crippen molar-refractivity contribution in [2.24, 2.45) is 5.41 Å². The van der Waals surface area contributed by atoms with Crippen LogP contribution in [-0.4, -0.2) is 26.5 Å². The first-order valence-electron chi connectivity index (χ1n) is 12.1. The lowest BCUT2D eigenvalue weighted by molar-refractivity contribution is -0.111. The zero-order valence-electron chi connectivity index (χ0n) is 21.7. The lowest BCUT2D eigenvalue weighted by Crippen LogP contribution is -2.25. The smallest absolute Gasteiger partial charge is 0.335 e. The van der Waals surface area contributed by atoms with E-state index in [0.717, 1.165) is 24.0 Å². The molecule has 1 unspecified atom stereocenters. The number of carboxylic acids is 1. The maximum atomic E-state index is 12.2. The van der Waals surface area contributed by atoms with Gasteiger partial charge >= 0.3 is 5.97 Å². The molecule has 0 saturated carbocycles. The first kappa shape index (κ1) is 26.7. The molecule has 1 atom stereocenters. The lowest BCUT2D eigenvalue weighted by Gasteiger charge is -2.37. The van der Waals surface area contributed by atoms with Crippen LogP contribution >= 0.6 is 0 Å². The van der Waals surface area contributed by atoms with Crippen molar-refractivity contribution in [1.29, 1.82) is 0 Å². The average molecular weight is 486 g/mol. The normalized spacial score (nSPS) is 18.8. The molecular formula is C30H35N3O3. The van der Waals surface area contributed by atoms with Crippen molar-refractivity contribution in [3.8, 4) is 0 Å². The minimum Gasteiger partial charge on any atom is -0.478 e. The van der Waals surface area contributed by atoms with E-state index >= 15 is 0 Å². The van der Waals surface area contributed by atoms with Gasteiger partial charge in [0, 0.05) is 24.2 Å². The molecule has 6 nitrogen and oxygen atoms in total. The summed E-state index contributed by atoms with van der Waals surface area (Å²) in [6.07, 6.45) is 19.7. The molecule has 1 heterocycles. The van der Waals surface area contributed by atoms with E-state index in [1.165, 1.54) is 29.4 Å². The van der Waals surface area contributed by atoms with Gasteiger partial charge in [-0.15, -0.1) is 0 Å². The standard InChI is InChI=1S/C30H35N3O3/c1-21(9-14-26-23(3)27(15-16-30(26,4)5)33-18-17-31-20-33)7-6-8-22(2)19-28(34)32-25-12-10-24(11-13-25)29(35)36/h6-14,17-20,27H,15-16H2,1-5H3,(H,32,34)(H,35,36)/b8-6+,14-9+,21-7+,22-19-. The van der Waals surface area contributed by atoms with E-state index in [2.05, 4.69) is 54.7 Å². The van der Waals surface area contributed by atoms with Gasteiger partial charge in [-0.1, -0.05) is 49.8 Å². The van der Waals surface area contributed by atoms with Gasteiger partial charge in [-0.2, -0.15) is 0 Å². The molecule has 0 saturated heterocycles. The number of hydrogen-bond acceptors (Lipinski definition) is 3. The second kappa shape index (κ2) is 11.7. The van der Waals surface area contributed by atoms with E-state index < -0.39 is 5.97 Å². The monoisotopic (exact) mass is 485 g/mol. The number of nitrogens with zero attached hydrogens (tertiary/aromatic N) is 2. The van der Waals surface area contributed by atoms with Gasteiger partial charge in [0.05, 0.1) is 17.9 Å². The van der Waals surface area contributed by atoms with Crippen LogP contribution in [0.1, 0.15) is 63.9 Å². The molecule has 2 N–H and O–H groups in total. The predicted molar refractivity (Wildman–Crippen MR) is 145 cm³/mol. The summed E-state index contributed by atoms with van der Waals surface area (Å²) in [7, 11) is 0. The van der Waals surface area contributed by atoms with Crippen molar-refractivity contribution in [3.05, 3.63) is 107 Å². The molecule has 1 aromatic heterocycles. The fourth-order valence-corrected chi connectivity index (χ4v) is 4.50. The highest BCUT2D eigenvalue weighted by atomic mass is 16.4. The van der Waals surface area contributed by atoms with E-state index in [0.29, 0.717) is 11.7 Å². The van der Waals surface area contributed by atoms with Gasteiger partial charge in [0.1, 0.15) is 0 Å². The van der Waals surface area contributed by atoms with Crippen LogP contribution in [0.2, 0.25) is 0 Å². The third-order valence-electron chi connectivity index (χ3n) is 6.57. The number of carboxylic acid groups (broad SMARTS) is 1. The molecular weight excluding hydrogens is 450 g/mol. The van der Waals surface area contributed by atoms with Gasteiger partial charge in [-0.05, 0) is 80.0 Å². The third-order valence-corrected chi connectivity index (χ3v) is 6.57. The number of rotatable bonds is 8. The van der Waals surface area contributed by atoms with Crippen LogP contribution in [-0.2, 0) is 4.79 Å². The van der Waals surface area contributed by atoms with Crippen LogP contribution in [0.15, 0.2) is 102 Å². The molecule has 36 heavy (non-hydrogen) atoms. The topological polar surface area (TPSA) is 84.2 Å². The summed E-state index contributed by atoms with van der Waals surface area (Å²) in [6, 6.07) is 6.40. The van der Waals surface area contributed by atoms with Crippen LogP contribution in [0, 0.1) is 5.41 Å². The maximum absolute atomic E-state index is 12.2. The van der Waals surface area contributed by atoms with E-state index in [9.17, 15) is 9.59 Å². The fourth-order valence-electron chi connectivity index (χ4n) is 4.50. The number of amides is 1. The summed E-state index contributed by atoms with van der Waals surface area (Å²) in [5.41, 5.74) is 5.51. The Bertz CT molecular complexity index is 1240. The molecule has 1 aliphatic carbocycles. The molecule has 1 aromatic carbocycles. The average Bonchev–Trinajstić information content (AvgIpc) is 3.33. The minimum atomic E-state index is -1.00. The number of anilines is 1. The molecule has 0 aliphatic heterocycles. The van der Waals surface area contributed by atoms with Crippen molar-refractivity contribution in [3.63, 3.8) is 0 Å². The molecule has 6 heteroatoms. The van der Waals surface area contributed by atoms with Crippen LogP contribution in [0.25, 0.3) is 0 Å². The first-order valence-corrected chi connectivity index (χ1v) is 12.1. The number of aromatic nitrogens is 2. The number of carbonyl (C=O) groups is 2. The molecule has 3 rings (SSSR count). The Morgan fingerprint density at radius 2 is 1.86 bits per heavy atom. The molecule has 0 bridgehead atoms. The fraction of sp³-hybridized carbons (Fsp3) is 0.300. The third kappa shape index (κ3) is 7.04. The van der Waals surface area contributed by atoms with Crippen molar-refractivity contribution >= 4 is 17.6 Å². The number of benzene rings is 1. The van der Waals surface area contributed by atoms with Gasteiger partial charge in [0.25, 0.3) is 0 Å².